The number of rotatable bonds is 5. The lowest BCUT2D eigenvalue weighted by atomic mass is 10.2. The number of nitrogens with zero attached hydrogens (tertiary/aromatic N) is 1. The van der Waals surface area contributed by atoms with E-state index in [0.717, 1.165) is 16.4 Å². The minimum absolute atomic E-state index is 0.0155. The molecule has 0 spiro atoms. The first kappa shape index (κ1) is 16.4. The molecule has 0 heterocycles. The maximum absolute atomic E-state index is 13.2. The summed E-state index contributed by atoms with van der Waals surface area (Å²) in [5.74, 6) is -1.52. The van der Waals surface area contributed by atoms with Crippen molar-refractivity contribution in [3.8, 4) is 0 Å². The first-order valence-electron chi connectivity index (χ1n) is 5.92. The monoisotopic (exact) mass is 303 g/mol. The predicted molar refractivity (Wildman–Crippen MR) is 73.9 cm³/mol. The van der Waals surface area contributed by atoms with Crippen LogP contribution in [0.2, 0.25) is 0 Å². The number of hydrogen-bond acceptors (Lipinski definition) is 4. The fourth-order valence-corrected chi connectivity index (χ4v) is 3.05. The maximum atomic E-state index is 13.2. The van der Waals surface area contributed by atoms with Gasteiger partial charge in [-0.25, -0.2) is 17.1 Å². The molecule has 3 N–H and O–H groups in total. The zero-order chi connectivity index (χ0) is 15.5. The van der Waals surface area contributed by atoms with E-state index in [-0.39, 0.29) is 23.0 Å². The first-order valence-corrected chi connectivity index (χ1v) is 7.36. The van der Waals surface area contributed by atoms with Gasteiger partial charge < -0.3 is 11.1 Å². The molecule has 0 saturated carbocycles. The van der Waals surface area contributed by atoms with Crippen molar-refractivity contribution < 1.29 is 17.6 Å². The molecule has 0 aliphatic rings. The second-order valence-electron chi connectivity index (χ2n) is 4.52. The number of nitrogen functional groups attached to an aromatic ring is 1. The number of nitrogens with two attached hydrogens (primary N) is 1. The molecule has 1 rings (SSSR count). The van der Waals surface area contributed by atoms with Gasteiger partial charge in [-0.3, -0.25) is 4.79 Å². The van der Waals surface area contributed by atoms with E-state index in [4.69, 9.17) is 5.73 Å². The summed E-state index contributed by atoms with van der Waals surface area (Å²) in [6.45, 7) is 1.59. The minimum Gasteiger partial charge on any atom is -0.399 e. The summed E-state index contributed by atoms with van der Waals surface area (Å²) in [5, 5.41) is 2.44. The Kier molecular flexibility index (Phi) is 5.07. The van der Waals surface area contributed by atoms with Crippen LogP contribution in [0, 0.1) is 11.7 Å². The molecule has 8 heteroatoms. The quantitative estimate of drug-likeness (QED) is 0.771. The third kappa shape index (κ3) is 3.67. The number of benzene rings is 1. The molecule has 0 saturated heterocycles. The highest BCUT2D eigenvalue weighted by atomic mass is 32.2. The second-order valence-corrected chi connectivity index (χ2v) is 6.57. The van der Waals surface area contributed by atoms with Gasteiger partial charge in [0.2, 0.25) is 15.9 Å². The summed E-state index contributed by atoms with van der Waals surface area (Å²) in [5.41, 5.74) is 5.46. The highest BCUT2D eigenvalue weighted by molar-refractivity contribution is 7.89. The number of nitrogens with one attached hydrogen (secondary N) is 1. The van der Waals surface area contributed by atoms with E-state index in [9.17, 15) is 17.6 Å². The Morgan fingerprint density at radius 1 is 1.45 bits per heavy atom. The zero-order valence-corrected chi connectivity index (χ0v) is 12.4. The molecule has 1 atom stereocenters. The third-order valence-corrected chi connectivity index (χ3v) is 4.63. The third-order valence-electron chi connectivity index (χ3n) is 2.83. The number of sulfonamides is 1. The lowest BCUT2D eigenvalue weighted by molar-refractivity contribution is -0.124. The van der Waals surface area contributed by atoms with Gasteiger partial charge in [-0.2, -0.15) is 0 Å². The van der Waals surface area contributed by atoms with E-state index in [1.54, 1.807) is 6.92 Å². The normalized spacial score (nSPS) is 13.2. The summed E-state index contributed by atoms with van der Waals surface area (Å²) >= 11 is 0. The Bertz CT molecular complexity index is 584. The van der Waals surface area contributed by atoms with Crippen molar-refractivity contribution in [1.29, 1.82) is 0 Å². The van der Waals surface area contributed by atoms with Crippen LogP contribution in [0.1, 0.15) is 6.92 Å². The Morgan fingerprint density at radius 2 is 2.05 bits per heavy atom. The van der Waals surface area contributed by atoms with Crippen LogP contribution in [0.25, 0.3) is 0 Å². The van der Waals surface area contributed by atoms with E-state index in [1.165, 1.54) is 20.2 Å². The van der Waals surface area contributed by atoms with Crippen molar-refractivity contribution in [2.24, 2.45) is 5.92 Å². The summed E-state index contributed by atoms with van der Waals surface area (Å²) in [7, 11) is -1.09. The van der Waals surface area contributed by atoms with Crippen LogP contribution >= 0.6 is 0 Å². The van der Waals surface area contributed by atoms with E-state index in [1.807, 2.05) is 0 Å². The van der Waals surface area contributed by atoms with Crippen molar-refractivity contribution in [2.45, 2.75) is 11.8 Å². The number of anilines is 1. The highest BCUT2D eigenvalue weighted by Crippen LogP contribution is 2.19. The molecule has 0 aliphatic heterocycles. The molecule has 20 heavy (non-hydrogen) atoms. The van der Waals surface area contributed by atoms with Gasteiger partial charge in [0.25, 0.3) is 0 Å². The maximum Gasteiger partial charge on any atom is 0.243 e. The smallest absolute Gasteiger partial charge is 0.243 e. The van der Waals surface area contributed by atoms with Gasteiger partial charge in [0.1, 0.15) is 5.82 Å². The van der Waals surface area contributed by atoms with Crippen molar-refractivity contribution in [3.05, 3.63) is 24.0 Å². The molecule has 1 aromatic rings. The van der Waals surface area contributed by atoms with Crippen molar-refractivity contribution in [2.75, 3.05) is 26.4 Å². The topological polar surface area (TPSA) is 92.5 Å². The standard InChI is InChI=1S/C12H18FN3O3S/c1-8(12(17)15-2)7-16(3)20(18,19)11-5-9(13)4-10(14)6-11/h4-6,8H,7,14H2,1-3H3,(H,15,17). The molecule has 0 radical (unpaired) electrons. The fraction of sp³-hybridized carbons (Fsp3) is 0.417. The van der Waals surface area contributed by atoms with Gasteiger partial charge in [-0.05, 0) is 18.2 Å². The summed E-state index contributed by atoms with van der Waals surface area (Å²) in [6.07, 6.45) is 0. The summed E-state index contributed by atoms with van der Waals surface area (Å²) in [4.78, 5) is 11.2. The van der Waals surface area contributed by atoms with E-state index < -0.39 is 21.8 Å². The molecule has 0 fully saturated rings. The van der Waals surface area contributed by atoms with Gasteiger partial charge in [0.05, 0.1) is 4.90 Å². The van der Waals surface area contributed by atoms with E-state index >= 15 is 0 Å². The molecule has 1 aromatic carbocycles. The fourth-order valence-electron chi connectivity index (χ4n) is 1.73. The molecule has 112 valence electrons. The average molecular weight is 303 g/mol. The van der Waals surface area contributed by atoms with Gasteiger partial charge in [-0.1, -0.05) is 6.92 Å². The van der Waals surface area contributed by atoms with Crippen LogP contribution in [0.15, 0.2) is 23.1 Å². The van der Waals surface area contributed by atoms with Gasteiger partial charge in [0.15, 0.2) is 0 Å². The lowest BCUT2D eigenvalue weighted by Gasteiger charge is -2.20. The number of halogens is 1. The molecule has 1 unspecified atom stereocenters. The number of carbonyl (C=O) groups excluding carboxylic acids is 1. The molecule has 0 aromatic heterocycles. The van der Waals surface area contributed by atoms with Crippen LogP contribution in [-0.2, 0) is 14.8 Å². The Labute approximate surface area is 117 Å². The Balaban J connectivity index is 3.01. The second kappa shape index (κ2) is 6.19. The molecule has 1 amide bonds. The number of carbonyl (C=O) groups is 1. The van der Waals surface area contributed by atoms with Crippen LogP contribution in [0.5, 0.6) is 0 Å². The molecule has 0 bridgehead atoms. The first-order chi connectivity index (χ1) is 9.18. The van der Waals surface area contributed by atoms with Gasteiger partial charge in [0, 0.05) is 32.2 Å². The van der Waals surface area contributed by atoms with Crippen LogP contribution < -0.4 is 11.1 Å². The predicted octanol–water partition coefficient (Wildman–Crippen LogP) is 0.411. The zero-order valence-electron chi connectivity index (χ0n) is 11.6. The van der Waals surface area contributed by atoms with Crippen molar-refractivity contribution >= 4 is 21.6 Å². The molecule has 6 nitrogen and oxygen atoms in total. The number of amides is 1. The largest absolute Gasteiger partial charge is 0.399 e. The molecular weight excluding hydrogens is 285 g/mol. The average Bonchev–Trinajstić information content (AvgIpc) is 2.36. The molecular formula is C12H18FN3O3S. The van der Waals surface area contributed by atoms with Crippen LogP contribution in [0.4, 0.5) is 10.1 Å². The van der Waals surface area contributed by atoms with Crippen LogP contribution in [0.3, 0.4) is 0 Å². The molecule has 0 aliphatic carbocycles. The number of hydrogen-bond donors (Lipinski definition) is 2. The van der Waals surface area contributed by atoms with Gasteiger partial charge >= 0.3 is 0 Å². The minimum atomic E-state index is -3.89. The summed E-state index contributed by atoms with van der Waals surface area (Å²) in [6, 6.07) is 3.11. The van der Waals surface area contributed by atoms with Crippen LogP contribution in [-0.4, -0.2) is 39.3 Å². The lowest BCUT2D eigenvalue weighted by Crippen LogP contribution is -2.37. The van der Waals surface area contributed by atoms with E-state index in [0.29, 0.717) is 0 Å². The highest BCUT2D eigenvalue weighted by Gasteiger charge is 2.25. The van der Waals surface area contributed by atoms with Crippen molar-refractivity contribution in [1.82, 2.24) is 9.62 Å². The summed E-state index contributed by atoms with van der Waals surface area (Å²) < 4.78 is 38.8. The van der Waals surface area contributed by atoms with Gasteiger partial charge in [-0.15, -0.1) is 0 Å². The van der Waals surface area contributed by atoms with Crippen molar-refractivity contribution in [3.63, 3.8) is 0 Å². The SMILES string of the molecule is CNC(=O)C(C)CN(C)S(=O)(=O)c1cc(N)cc(F)c1. The Morgan fingerprint density at radius 3 is 2.55 bits per heavy atom. The van der Waals surface area contributed by atoms with E-state index in [2.05, 4.69) is 5.32 Å². The Hall–Kier alpha value is -1.67.